The van der Waals surface area contributed by atoms with Crippen LogP contribution in [-0.4, -0.2) is 37.2 Å². The number of carbonyl (C=O) groups excluding carboxylic acids is 3. The zero-order valence-electron chi connectivity index (χ0n) is 53.2. The van der Waals surface area contributed by atoms with Crippen LogP contribution in [0.25, 0.3) is 0 Å². The summed E-state index contributed by atoms with van der Waals surface area (Å²) in [5, 5.41) is 0. The van der Waals surface area contributed by atoms with E-state index in [1.165, 1.54) is 96.3 Å². The summed E-state index contributed by atoms with van der Waals surface area (Å²) in [7, 11) is 0. The second-order valence-corrected chi connectivity index (χ2v) is 22.0. The second kappa shape index (κ2) is 68.8. The summed E-state index contributed by atoms with van der Waals surface area (Å²) >= 11 is 0. The van der Waals surface area contributed by atoms with Gasteiger partial charge in [-0.2, -0.15) is 0 Å². The first-order valence-electron chi connectivity index (χ1n) is 33.8. The highest BCUT2D eigenvalue weighted by Gasteiger charge is 2.19. The van der Waals surface area contributed by atoms with Crippen LogP contribution in [0.2, 0.25) is 0 Å². The molecule has 0 spiro atoms. The summed E-state index contributed by atoms with van der Waals surface area (Å²) in [6, 6.07) is 0. The van der Waals surface area contributed by atoms with Gasteiger partial charge in [-0.3, -0.25) is 14.4 Å². The fourth-order valence-corrected chi connectivity index (χ4v) is 8.99. The Kier molecular flexibility index (Phi) is 64.8. The van der Waals surface area contributed by atoms with Gasteiger partial charge in [-0.05, 0) is 148 Å². The van der Waals surface area contributed by atoms with Crippen molar-refractivity contribution in [1.82, 2.24) is 0 Å². The van der Waals surface area contributed by atoms with Crippen molar-refractivity contribution in [3.05, 3.63) is 146 Å². The molecule has 1 atom stereocenters. The second-order valence-electron chi connectivity index (χ2n) is 22.0. The van der Waals surface area contributed by atoms with Gasteiger partial charge < -0.3 is 14.2 Å². The van der Waals surface area contributed by atoms with Crippen LogP contribution in [-0.2, 0) is 28.6 Å². The lowest BCUT2D eigenvalue weighted by Gasteiger charge is -2.18. The van der Waals surface area contributed by atoms with Crippen LogP contribution >= 0.6 is 0 Å². The minimum Gasteiger partial charge on any atom is -0.462 e. The Hall–Kier alpha value is -4.71. The van der Waals surface area contributed by atoms with Crippen molar-refractivity contribution >= 4 is 17.9 Å². The number of hydrogen-bond acceptors (Lipinski definition) is 6. The van der Waals surface area contributed by atoms with Crippen LogP contribution in [0.4, 0.5) is 0 Å². The Bertz CT molecular complexity index is 1780. The third-order valence-corrected chi connectivity index (χ3v) is 14.0. The summed E-state index contributed by atoms with van der Waals surface area (Å²) in [6.45, 7) is 6.47. The van der Waals surface area contributed by atoms with Crippen LogP contribution in [0.5, 0.6) is 0 Å². The number of unbranched alkanes of at least 4 members (excludes halogenated alkanes) is 25. The molecule has 0 rings (SSSR count). The van der Waals surface area contributed by atoms with Gasteiger partial charge in [0.2, 0.25) is 0 Å². The molecule has 464 valence electrons. The number of rotatable bonds is 60. The van der Waals surface area contributed by atoms with E-state index < -0.39 is 6.10 Å². The molecular formula is C76H124O6. The van der Waals surface area contributed by atoms with Crippen LogP contribution in [0.15, 0.2) is 146 Å². The van der Waals surface area contributed by atoms with E-state index in [9.17, 15) is 14.4 Å². The minimum atomic E-state index is -0.802. The molecule has 0 aromatic heterocycles. The van der Waals surface area contributed by atoms with Crippen LogP contribution in [0.1, 0.15) is 297 Å². The van der Waals surface area contributed by atoms with Gasteiger partial charge in [0.05, 0.1) is 0 Å². The van der Waals surface area contributed by atoms with E-state index >= 15 is 0 Å². The van der Waals surface area contributed by atoms with Crippen LogP contribution < -0.4 is 0 Å². The van der Waals surface area contributed by atoms with Gasteiger partial charge in [0.1, 0.15) is 13.2 Å². The lowest BCUT2D eigenvalue weighted by molar-refractivity contribution is -0.167. The van der Waals surface area contributed by atoms with E-state index in [0.29, 0.717) is 19.3 Å². The molecule has 0 aliphatic rings. The third-order valence-electron chi connectivity index (χ3n) is 14.0. The first-order chi connectivity index (χ1) is 40.5. The lowest BCUT2D eigenvalue weighted by atomic mass is 10.1. The molecule has 0 aromatic carbocycles. The molecule has 6 nitrogen and oxygen atoms in total. The smallest absolute Gasteiger partial charge is 0.306 e. The van der Waals surface area contributed by atoms with Crippen LogP contribution in [0, 0.1) is 0 Å². The SMILES string of the molecule is CC/C=C\C/C=C\C/C=C\C/C=C\C/C=C\C/C=C\C/C=C\C/C=C\CCCCCCCCC(=O)OCC(COC(=O)CCCCCCC/C=C\CCCCC)OC(=O)CCCCCCCC/C=C\C/C=C\C/C=C\CCCCCCC. The Balaban J connectivity index is 4.37. The Morgan fingerprint density at radius 3 is 0.780 bits per heavy atom. The Morgan fingerprint density at radius 1 is 0.256 bits per heavy atom. The first kappa shape index (κ1) is 77.3. The van der Waals surface area contributed by atoms with Gasteiger partial charge in [-0.25, -0.2) is 0 Å². The maximum atomic E-state index is 12.9. The quantitative estimate of drug-likeness (QED) is 0.0261. The fourth-order valence-electron chi connectivity index (χ4n) is 8.99. The molecule has 0 amide bonds. The largest absolute Gasteiger partial charge is 0.462 e. The number of hydrogen-bond donors (Lipinski definition) is 0. The molecule has 0 bridgehead atoms. The molecule has 0 aliphatic carbocycles. The molecule has 0 saturated carbocycles. The Morgan fingerprint density at radius 2 is 0.476 bits per heavy atom. The van der Waals surface area contributed by atoms with Gasteiger partial charge in [0.15, 0.2) is 6.10 Å². The standard InChI is InChI=1S/C76H124O6/c1-4-7-10-13-16-19-22-25-27-29-31-33-34-35-36-37-38-39-40-41-42-44-45-47-49-51-54-57-60-63-66-69-75(78)81-72-73(71-80-74(77)68-65-62-59-56-53-24-21-18-15-12-9-6-3)82-76(79)70-67-64-61-58-55-52-50-48-46-43-32-30-28-26-23-20-17-14-11-8-5-2/h7,10,16,18-19,21,23,25-27,30-33,35-36,38-39,41-42,45-48,73H,4-6,8-9,11-15,17,20,22,24,28-29,34,37,40,43-44,49-72H2,1-3H3/b10-7-,19-16-,21-18-,26-23-,27-25-,32-30-,33-31-,36-35-,39-38-,42-41-,47-45-,48-46-. The summed E-state index contributed by atoms with van der Waals surface area (Å²) in [5.41, 5.74) is 0. The molecular weight excluding hydrogens is 1010 g/mol. The van der Waals surface area contributed by atoms with Gasteiger partial charge in [-0.1, -0.05) is 276 Å². The van der Waals surface area contributed by atoms with Crippen LogP contribution in [0.3, 0.4) is 0 Å². The molecule has 6 heteroatoms. The summed E-state index contributed by atoms with van der Waals surface area (Å²) in [4.78, 5) is 38.3. The van der Waals surface area contributed by atoms with E-state index in [0.717, 1.165) is 161 Å². The zero-order valence-corrected chi connectivity index (χ0v) is 53.2. The topological polar surface area (TPSA) is 78.9 Å². The zero-order chi connectivity index (χ0) is 59.2. The van der Waals surface area contributed by atoms with E-state index in [4.69, 9.17) is 14.2 Å². The van der Waals surface area contributed by atoms with Gasteiger partial charge >= 0.3 is 17.9 Å². The first-order valence-corrected chi connectivity index (χ1v) is 33.8. The molecule has 1 unspecified atom stereocenters. The fraction of sp³-hybridized carbons (Fsp3) is 0.645. The molecule has 0 N–H and O–H groups in total. The monoisotopic (exact) mass is 1130 g/mol. The summed E-state index contributed by atoms with van der Waals surface area (Å²) in [6.07, 6.45) is 98.6. The third kappa shape index (κ3) is 66.1. The number of esters is 3. The van der Waals surface area contributed by atoms with E-state index in [1.54, 1.807) is 0 Å². The summed E-state index contributed by atoms with van der Waals surface area (Å²) < 4.78 is 16.9. The van der Waals surface area contributed by atoms with Gasteiger partial charge in [0, 0.05) is 19.3 Å². The minimum absolute atomic E-state index is 0.0964. The van der Waals surface area contributed by atoms with Crippen molar-refractivity contribution in [3.8, 4) is 0 Å². The van der Waals surface area contributed by atoms with Crippen molar-refractivity contribution in [3.63, 3.8) is 0 Å². The van der Waals surface area contributed by atoms with Crippen molar-refractivity contribution in [2.45, 2.75) is 303 Å². The van der Waals surface area contributed by atoms with Crippen molar-refractivity contribution < 1.29 is 28.6 Å². The molecule has 0 aromatic rings. The van der Waals surface area contributed by atoms with E-state index in [2.05, 4.69) is 167 Å². The molecule has 0 heterocycles. The van der Waals surface area contributed by atoms with Gasteiger partial charge in [0.25, 0.3) is 0 Å². The van der Waals surface area contributed by atoms with Crippen molar-refractivity contribution in [1.29, 1.82) is 0 Å². The molecule has 0 radical (unpaired) electrons. The average molecular weight is 1130 g/mol. The maximum absolute atomic E-state index is 12.9. The highest BCUT2D eigenvalue weighted by molar-refractivity contribution is 5.71. The number of allylic oxidation sites excluding steroid dienone is 24. The highest BCUT2D eigenvalue weighted by Crippen LogP contribution is 2.15. The molecule has 0 fully saturated rings. The molecule has 0 aliphatic heterocycles. The predicted octanol–water partition coefficient (Wildman–Crippen LogP) is 23.5. The lowest BCUT2D eigenvalue weighted by Crippen LogP contribution is -2.30. The molecule has 82 heavy (non-hydrogen) atoms. The van der Waals surface area contributed by atoms with Crippen molar-refractivity contribution in [2.24, 2.45) is 0 Å². The van der Waals surface area contributed by atoms with Crippen molar-refractivity contribution in [2.75, 3.05) is 13.2 Å². The average Bonchev–Trinajstić information content (AvgIpc) is 3.47. The maximum Gasteiger partial charge on any atom is 0.306 e. The van der Waals surface area contributed by atoms with Gasteiger partial charge in [-0.15, -0.1) is 0 Å². The van der Waals surface area contributed by atoms with E-state index in [1.807, 2.05) is 0 Å². The Labute approximate surface area is 506 Å². The molecule has 0 saturated heterocycles. The highest BCUT2D eigenvalue weighted by atomic mass is 16.6. The number of ether oxygens (including phenoxy) is 3. The summed E-state index contributed by atoms with van der Waals surface area (Å²) in [5.74, 6) is -0.931. The van der Waals surface area contributed by atoms with E-state index in [-0.39, 0.29) is 31.1 Å². The number of carbonyl (C=O) groups is 3. The predicted molar refractivity (Wildman–Crippen MR) is 357 cm³/mol. The normalized spacial score (nSPS) is 13.1.